The Bertz CT molecular complexity index is 1210. The first-order chi connectivity index (χ1) is 15.6. The normalized spacial score (nSPS) is 12.8. The van der Waals surface area contributed by atoms with Crippen LogP contribution in [-0.2, 0) is 39.4 Å². The van der Waals surface area contributed by atoms with Gasteiger partial charge in [0.15, 0.2) is 0 Å². The summed E-state index contributed by atoms with van der Waals surface area (Å²) in [4.78, 5) is 12.0. The molecule has 0 amide bonds. The number of aliphatic hydroxyl groups excluding tert-OH is 1. The third-order valence-electron chi connectivity index (χ3n) is 5.41. The summed E-state index contributed by atoms with van der Waals surface area (Å²) in [6, 6.07) is 8.28. The largest absolute Gasteiger partial charge is 0.465 e. The molecule has 0 fully saturated rings. The van der Waals surface area contributed by atoms with Gasteiger partial charge in [0.05, 0.1) is 11.5 Å². The lowest BCUT2D eigenvalue weighted by molar-refractivity contribution is -0.143. The summed E-state index contributed by atoms with van der Waals surface area (Å²) in [5, 5.41) is 9.75. The van der Waals surface area contributed by atoms with E-state index in [2.05, 4.69) is 4.72 Å². The van der Waals surface area contributed by atoms with E-state index in [1.54, 1.807) is 30.5 Å². The number of aromatic nitrogens is 1. The molecular weight excluding hydrogens is 457 g/mol. The molecule has 1 heterocycles. The number of carbonyl (C=O) groups excluding carboxylic acids is 1. The molecule has 3 rings (SSSR count). The number of hydrogen-bond acceptors (Lipinski definition) is 4. The first-order valence-corrected chi connectivity index (χ1v) is 11.4. The molecule has 0 saturated heterocycles. The second-order valence-corrected chi connectivity index (χ2v) is 8.84. The van der Waals surface area contributed by atoms with E-state index in [0.29, 0.717) is 27.7 Å². The molecular formula is C23H25F3N2O4S. The summed E-state index contributed by atoms with van der Waals surface area (Å²) < 4.78 is 64.3. The van der Waals surface area contributed by atoms with E-state index in [9.17, 15) is 27.3 Å². The summed E-state index contributed by atoms with van der Waals surface area (Å²) in [6.07, 6.45) is 0.155. The Morgan fingerprint density at radius 1 is 1.24 bits per heavy atom. The minimum atomic E-state index is -3.60. The van der Waals surface area contributed by atoms with Gasteiger partial charge in [0.25, 0.3) is 5.92 Å². The molecule has 178 valence electrons. The number of alkyl halides is 2. The lowest BCUT2D eigenvalue weighted by Gasteiger charge is -2.18. The maximum Gasteiger partial charge on any atom is 0.325 e. The average molecular weight is 483 g/mol. The summed E-state index contributed by atoms with van der Waals surface area (Å²) in [5.74, 6) is -4.52. The van der Waals surface area contributed by atoms with E-state index in [-0.39, 0.29) is 24.5 Å². The molecule has 2 N–H and O–H groups in total. The predicted molar refractivity (Wildman–Crippen MR) is 119 cm³/mol. The molecule has 0 bridgehead atoms. The van der Waals surface area contributed by atoms with Crippen molar-refractivity contribution in [3.05, 3.63) is 64.6 Å². The van der Waals surface area contributed by atoms with Gasteiger partial charge >= 0.3 is 5.97 Å². The minimum absolute atomic E-state index is 0.0737. The van der Waals surface area contributed by atoms with Crippen molar-refractivity contribution in [2.45, 2.75) is 37.6 Å². The first-order valence-electron chi connectivity index (χ1n) is 10.3. The van der Waals surface area contributed by atoms with Crippen molar-refractivity contribution in [1.82, 2.24) is 9.29 Å². The monoisotopic (exact) mass is 482 g/mol. The maximum absolute atomic E-state index is 14.4. The van der Waals surface area contributed by atoms with Crippen LogP contribution in [0.3, 0.4) is 0 Å². The summed E-state index contributed by atoms with van der Waals surface area (Å²) in [5.41, 5.74) is 1.86. The molecule has 1 unspecified atom stereocenters. The highest BCUT2D eigenvalue weighted by molar-refractivity contribution is 7.83. The second kappa shape index (κ2) is 10.1. The van der Waals surface area contributed by atoms with Crippen molar-refractivity contribution < 1.29 is 32.0 Å². The number of ether oxygens (including phenoxy) is 1. The van der Waals surface area contributed by atoms with Crippen LogP contribution in [0.5, 0.6) is 0 Å². The van der Waals surface area contributed by atoms with Crippen molar-refractivity contribution in [3.8, 4) is 0 Å². The number of nitrogens with one attached hydrogen (secondary N) is 1. The molecule has 0 spiro atoms. The maximum atomic E-state index is 14.4. The van der Waals surface area contributed by atoms with Gasteiger partial charge in [-0.3, -0.25) is 4.79 Å². The van der Waals surface area contributed by atoms with E-state index in [0.717, 1.165) is 0 Å². The van der Waals surface area contributed by atoms with Gasteiger partial charge in [0.1, 0.15) is 30.0 Å². The van der Waals surface area contributed by atoms with Crippen molar-refractivity contribution in [2.75, 3.05) is 20.3 Å². The van der Waals surface area contributed by atoms with E-state index < -0.39 is 40.9 Å². The zero-order valence-corrected chi connectivity index (χ0v) is 19.3. The molecule has 1 atom stereocenters. The Balaban J connectivity index is 2.12. The summed E-state index contributed by atoms with van der Waals surface area (Å²) in [7, 11) is -0.509. The first kappa shape index (κ1) is 24.9. The van der Waals surface area contributed by atoms with Crippen LogP contribution in [0.4, 0.5) is 13.2 Å². The zero-order chi connectivity index (χ0) is 24.3. The third-order valence-corrected chi connectivity index (χ3v) is 6.54. The summed E-state index contributed by atoms with van der Waals surface area (Å²) in [6.45, 7) is 2.17. The number of halogens is 3. The quantitative estimate of drug-likeness (QED) is 0.457. The van der Waals surface area contributed by atoms with E-state index in [4.69, 9.17) is 4.74 Å². The molecule has 1 aromatic heterocycles. The van der Waals surface area contributed by atoms with Crippen LogP contribution in [0.15, 0.2) is 41.3 Å². The number of rotatable bonds is 9. The Kier molecular flexibility index (Phi) is 7.61. The topological polar surface area (TPSA) is 80.6 Å². The van der Waals surface area contributed by atoms with Gasteiger partial charge in [-0.25, -0.2) is 13.3 Å². The highest BCUT2D eigenvalue weighted by atomic mass is 32.2. The number of fused-ring (bicyclic) bond motifs is 1. The van der Waals surface area contributed by atoms with Gasteiger partial charge in [0, 0.05) is 22.2 Å². The average Bonchev–Trinajstić information content (AvgIpc) is 3.03. The second-order valence-electron chi connectivity index (χ2n) is 7.46. The fraction of sp³-hybridized carbons (Fsp3) is 0.348. The van der Waals surface area contributed by atoms with Gasteiger partial charge in [-0.1, -0.05) is 6.07 Å². The van der Waals surface area contributed by atoms with E-state index in [1.165, 1.54) is 31.3 Å². The molecule has 0 aliphatic carbocycles. The van der Waals surface area contributed by atoms with Gasteiger partial charge in [-0.15, -0.1) is 0 Å². The van der Waals surface area contributed by atoms with Crippen LogP contribution in [-0.4, -0.2) is 40.1 Å². The van der Waals surface area contributed by atoms with Crippen LogP contribution in [0.1, 0.15) is 29.3 Å². The standard InChI is InChI=1S/C23H25F3N2O4S/c1-4-32-22(30)12-28-14(2)17(18-11-16(24)6-7-20(18)28)9-15-5-8-21(33(31)27-3)19(10-15)23(25,26)13-29/h5-8,10-11,27,29H,4,9,12-13H2,1-3H3. The fourth-order valence-electron chi connectivity index (χ4n) is 3.82. The van der Waals surface area contributed by atoms with E-state index >= 15 is 0 Å². The molecule has 0 aliphatic heterocycles. The summed E-state index contributed by atoms with van der Waals surface area (Å²) >= 11 is 0. The van der Waals surface area contributed by atoms with Crippen molar-refractivity contribution >= 4 is 27.9 Å². The molecule has 2 aromatic carbocycles. The molecule has 6 nitrogen and oxygen atoms in total. The Morgan fingerprint density at radius 3 is 2.61 bits per heavy atom. The van der Waals surface area contributed by atoms with Crippen molar-refractivity contribution in [3.63, 3.8) is 0 Å². The number of nitrogens with zero attached hydrogens (tertiary/aromatic N) is 1. The Hall–Kier alpha value is -2.69. The lowest BCUT2D eigenvalue weighted by Crippen LogP contribution is -2.23. The van der Waals surface area contributed by atoms with Crippen LogP contribution >= 0.6 is 0 Å². The number of carbonyl (C=O) groups is 1. The molecule has 33 heavy (non-hydrogen) atoms. The van der Waals surface area contributed by atoms with Crippen molar-refractivity contribution in [1.29, 1.82) is 0 Å². The zero-order valence-electron chi connectivity index (χ0n) is 18.5. The van der Waals surface area contributed by atoms with Gasteiger partial charge < -0.3 is 14.4 Å². The number of benzene rings is 2. The Morgan fingerprint density at radius 2 is 1.97 bits per heavy atom. The third kappa shape index (κ3) is 5.13. The molecule has 0 saturated carbocycles. The Labute approximate surface area is 191 Å². The SMILES string of the molecule is CCOC(=O)Cn1c(C)c(Cc2ccc(S(=O)NC)c(C(F)(F)CO)c2)c2cc(F)ccc21. The van der Waals surface area contributed by atoms with Crippen molar-refractivity contribution in [2.24, 2.45) is 0 Å². The van der Waals surface area contributed by atoms with Gasteiger partial charge in [-0.05, 0) is 68.8 Å². The van der Waals surface area contributed by atoms with Gasteiger partial charge in [0.2, 0.25) is 0 Å². The van der Waals surface area contributed by atoms with Crippen LogP contribution in [0.25, 0.3) is 10.9 Å². The smallest absolute Gasteiger partial charge is 0.325 e. The highest BCUT2D eigenvalue weighted by Crippen LogP contribution is 2.34. The van der Waals surface area contributed by atoms with Crippen LogP contribution < -0.4 is 4.72 Å². The number of esters is 1. The predicted octanol–water partition coefficient (Wildman–Crippen LogP) is 3.57. The fourth-order valence-corrected chi connectivity index (χ4v) is 4.64. The number of aliphatic hydroxyl groups is 1. The van der Waals surface area contributed by atoms with E-state index in [1.807, 2.05) is 0 Å². The van der Waals surface area contributed by atoms with Crippen LogP contribution in [0, 0.1) is 12.7 Å². The molecule has 3 aromatic rings. The number of hydrogen-bond donors (Lipinski definition) is 2. The van der Waals surface area contributed by atoms with Crippen LogP contribution in [0.2, 0.25) is 0 Å². The van der Waals surface area contributed by atoms with Gasteiger partial charge in [-0.2, -0.15) is 8.78 Å². The lowest BCUT2D eigenvalue weighted by atomic mass is 9.98. The highest BCUT2D eigenvalue weighted by Gasteiger charge is 2.35. The molecule has 10 heteroatoms. The molecule has 0 aliphatic rings. The molecule has 0 radical (unpaired) electrons. The minimum Gasteiger partial charge on any atom is -0.465 e.